The summed E-state index contributed by atoms with van der Waals surface area (Å²) in [5, 5.41) is 0. The van der Waals surface area contributed by atoms with E-state index < -0.39 is 64.7 Å². The SMILES string of the molecule is CC(=O)N1CCC(C(=O)N2CC(c3ccc(F)cc3F)C(N(C)C(=O)N(C)c3cc(C(F)(F)F)cc(C(F)(F)F)c3)C2)CC1. The summed E-state index contributed by atoms with van der Waals surface area (Å²) in [6.07, 6.45) is -9.51. The minimum absolute atomic E-state index is 0.0150. The van der Waals surface area contributed by atoms with E-state index in [2.05, 4.69) is 0 Å². The topological polar surface area (TPSA) is 64.2 Å². The number of likely N-dealkylation sites (N-methyl/N-ethyl adjacent to an activating group) is 1. The van der Waals surface area contributed by atoms with Crippen LogP contribution in [0.4, 0.5) is 45.6 Å². The maximum absolute atomic E-state index is 15.0. The second kappa shape index (κ2) is 12.2. The molecule has 0 saturated carbocycles. The predicted molar refractivity (Wildman–Crippen MR) is 142 cm³/mol. The minimum atomic E-state index is -5.14. The van der Waals surface area contributed by atoms with Crippen molar-refractivity contribution < 1.29 is 49.5 Å². The number of halogens is 8. The lowest BCUT2D eigenvalue weighted by molar-refractivity contribution is -0.143. The van der Waals surface area contributed by atoms with Crippen molar-refractivity contribution >= 4 is 23.5 Å². The molecule has 0 N–H and O–H groups in total. The molecule has 2 heterocycles. The monoisotopic (exact) mass is 634 g/mol. The van der Waals surface area contributed by atoms with Gasteiger partial charge in [0.15, 0.2) is 0 Å². The Bertz CT molecular complexity index is 1390. The van der Waals surface area contributed by atoms with Gasteiger partial charge in [0, 0.05) is 70.8 Å². The number of nitrogens with zero attached hydrogens (tertiary/aromatic N) is 4. The molecule has 2 aliphatic rings. The van der Waals surface area contributed by atoms with Crippen molar-refractivity contribution in [3.63, 3.8) is 0 Å². The van der Waals surface area contributed by atoms with Crippen LogP contribution in [-0.4, -0.2) is 78.9 Å². The third-order valence-corrected chi connectivity index (χ3v) is 8.30. The zero-order valence-electron chi connectivity index (χ0n) is 24.0. The first kappa shape index (κ1) is 33.0. The van der Waals surface area contributed by atoms with Gasteiger partial charge in [0.1, 0.15) is 11.6 Å². The van der Waals surface area contributed by atoms with Crippen LogP contribution in [-0.2, 0) is 21.9 Å². The molecule has 2 aromatic rings. The molecular formula is C29H30F8N4O3. The van der Waals surface area contributed by atoms with Gasteiger partial charge in [-0.3, -0.25) is 14.5 Å². The van der Waals surface area contributed by atoms with Crippen LogP contribution < -0.4 is 4.90 Å². The van der Waals surface area contributed by atoms with Crippen LogP contribution in [0, 0.1) is 17.6 Å². The average molecular weight is 635 g/mol. The van der Waals surface area contributed by atoms with Crippen LogP contribution in [0.3, 0.4) is 0 Å². The zero-order valence-corrected chi connectivity index (χ0v) is 24.0. The molecule has 0 bridgehead atoms. The molecule has 240 valence electrons. The van der Waals surface area contributed by atoms with Gasteiger partial charge in [-0.25, -0.2) is 13.6 Å². The van der Waals surface area contributed by atoms with Gasteiger partial charge in [-0.05, 0) is 42.7 Å². The molecule has 44 heavy (non-hydrogen) atoms. The van der Waals surface area contributed by atoms with Crippen molar-refractivity contribution in [2.45, 2.75) is 44.1 Å². The number of anilines is 1. The highest BCUT2D eigenvalue weighted by Gasteiger charge is 2.44. The maximum Gasteiger partial charge on any atom is 0.416 e. The number of carbonyl (C=O) groups excluding carboxylic acids is 3. The van der Waals surface area contributed by atoms with Crippen molar-refractivity contribution in [3.8, 4) is 0 Å². The number of hydrogen-bond donors (Lipinski definition) is 0. The normalized spacial score (nSPS) is 19.7. The molecule has 0 aromatic heterocycles. The fraction of sp³-hybridized carbons (Fsp3) is 0.483. The number of piperidine rings is 1. The molecule has 0 radical (unpaired) electrons. The van der Waals surface area contributed by atoms with E-state index in [4.69, 9.17) is 0 Å². The molecule has 2 unspecified atom stereocenters. The summed E-state index contributed by atoms with van der Waals surface area (Å²) < 4.78 is 109. The molecule has 4 amide bonds. The Morgan fingerprint density at radius 2 is 1.39 bits per heavy atom. The van der Waals surface area contributed by atoms with Crippen molar-refractivity contribution in [1.82, 2.24) is 14.7 Å². The highest BCUT2D eigenvalue weighted by atomic mass is 19.4. The van der Waals surface area contributed by atoms with Crippen LogP contribution >= 0.6 is 0 Å². The molecule has 4 rings (SSSR count). The molecule has 2 aliphatic heterocycles. The van der Waals surface area contributed by atoms with Crippen molar-refractivity contribution in [3.05, 3.63) is 64.7 Å². The van der Waals surface area contributed by atoms with Crippen LogP contribution in [0.1, 0.15) is 42.4 Å². The van der Waals surface area contributed by atoms with Crippen molar-refractivity contribution in [1.29, 1.82) is 0 Å². The molecule has 2 atom stereocenters. The number of hydrogen-bond acceptors (Lipinski definition) is 3. The van der Waals surface area contributed by atoms with Crippen molar-refractivity contribution in [2.75, 3.05) is 45.2 Å². The van der Waals surface area contributed by atoms with Gasteiger partial charge in [-0.15, -0.1) is 0 Å². The molecule has 15 heteroatoms. The molecule has 0 aliphatic carbocycles. The molecule has 2 fully saturated rings. The number of benzene rings is 2. The summed E-state index contributed by atoms with van der Waals surface area (Å²) in [6.45, 7) is 1.93. The molecule has 2 saturated heterocycles. The summed E-state index contributed by atoms with van der Waals surface area (Å²) in [7, 11) is 2.25. The Balaban J connectivity index is 1.64. The van der Waals surface area contributed by atoms with Gasteiger partial charge in [-0.2, -0.15) is 26.3 Å². The van der Waals surface area contributed by atoms with Crippen LogP contribution in [0.15, 0.2) is 36.4 Å². The fourth-order valence-electron chi connectivity index (χ4n) is 5.79. The quantitative estimate of drug-likeness (QED) is 0.403. The molecule has 0 spiro atoms. The predicted octanol–water partition coefficient (Wildman–Crippen LogP) is 5.74. The molecule has 2 aromatic carbocycles. The summed E-state index contributed by atoms with van der Waals surface area (Å²) in [4.78, 5) is 43.4. The Morgan fingerprint density at radius 1 is 0.818 bits per heavy atom. The lowest BCUT2D eigenvalue weighted by Gasteiger charge is -2.34. The Morgan fingerprint density at radius 3 is 1.89 bits per heavy atom. The van der Waals surface area contributed by atoms with Gasteiger partial charge < -0.3 is 14.7 Å². The van der Waals surface area contributed by atoms with E-state index in [9.17, 15) is 49.5 Å². The summed E-state index contributed by atoms with van der Waals surface area (Å²) >= 11 is 0. The number of likely N-dealkylation sites (tertiary alicyclic amines) is 2. The van der Waals surface area contributed by atoms with E-state index in [1.807, 2.05) is 0 Å². The molecule has 7 nitrogen and oxygen atoms in total. The summed E-state index contributed by atoms with van der Waals surface area (Å²) in [6, 6.07) is 1.60. The van der Waals surface area contributed by atoms with E-state index in [-0.39, 0.29) is 36.5 Å². The maximum atomic E-state index is 15.0. The number of amides is 4. The number of carbonyl (C=O) groups is 3. The summed E-state index contributed by atoms with van der Waals surface area (Å²) in [5.41, 5.74) is -3.91. The average Bonchev–Trinajstić information content (AvgIpc) is 3.39. The van der Waals surface area contributed by atoms with Crippen LogP contribution in [0.25, 0.3) is 0 Å². The van der Waals surface area contributed by atoms with Gasteiger partial charge in [-0.1, -0.05) is 6.07 Å². The minimum Gasteiger partial charge on any atom is -0.343 e. The van der Waals surface area contributed by atoms with Gasteiger partial charge >= 0.3 is 18.4 Å². The number of alkyl halides is 6. The Labute approximate surface area is 248 Å². The van der Waals surface area contributed by atoms with E-state index in [1.165, 1.54) is 24.9 Å². The van der Waals surface area contributed by atoms with E-state index >= 15 is 0 Å². The van der Waals surface area contributed by atoms with Crippen molar-refractivity contribution in [2.24, 2.45) is 5.92 Å². The Hall–Kier alpha value is -3.91. The van der Waals surface area contributed by atoms with Crippen LogP contribution in [0.2, 0.25) is 0 Å². The largest absolute Gasteiger partial charge is 0.416 e. The second-order valence-corrected chi connectivity index (χ2v) is 11.1. The smallest absolute Gasteiger partial charge is 0.343 e. The number of rotatable bonds is 4. The standard InChI is InChI=1S/C29H30F8N4O3/c1-16(42)40-8-6-17(7-9-40)26(43)41-14-23(22-5-4-20(30)13-24(22)31)25(15-41)39(3)27(44)38(2)21-11-18(28(32,33)34)10-19(12-21)29(35,36)37/h4-5,10-13,17,23,25H,6-9,14-15H2,1-3H3. The highest BCUT2D eigenvalue weighted by Crippen LogP contribution is 2.39. The lowest BCUT2D eigenvalue weighted by atomic mass is 9.93. The fourth-order valence-corrected chi connectivity index (χ4v) is 5.79. The lowest BCUT2D eigenvalue weighted by Crippen LogP contribution is -2.48. The van der Waals surface area contributed by atoms with Gasteiger partial charge in [0.05, 0.1) is 17.2 Å². The first-order valence-electron chi connectivity index (χ1n) is 13.7. The first-order valence-corrected chi connectivity index (χ1v) is 13.7. The van der Waals surface area contributed by atoms with E-state index in [0.29, 0.717) is 49.0 Å². The van der Waals surface area contributed by atoms with Crippen LogP contribution in [0.5, 0.6) is 0 Å². The zero-order chi connectivity index (χ0) is 32.7. The van der Waals surface area contributed by atoms with Gasteiger partial charge in [0.25, 0.3) is 0 Å². The third kappa shape index (κ3) is 6.91. The summed E-state index contributed by atoms with van der Waals surface area (Å²) in [5.74, 6) is -3.59. The number of urea groups is 1. The highest BCUT2D eigenvalue weighted by molar-refractivity contribution is 5.92. The molecular weight excluding hydrogens is 604 g/mol. The van der Waals surface area contributed by atoms with E-state index in [1.54, 1.807) is 4.90 Å². The van der Waals surface area contributed by atoms with E-state index in [0.717, 1.165) is 18.0 Å². The first-order chi connectivity index (χ1) is 20.4. The second-order valence-electron chi connectivity index (χ2n) is 11.1. The Kier molecular flexibility index (Phi) is 9.17. The van der Waals surface area contributed by atoms with Gasteiger partial charge in [0.2, 0.25) is 11.8 Å². The third-order valence-electron chi connectivity index (χ3n) is 8.30.